The third-order valence-electron chi connectivity index (χ3n) is 4.65. The standard InChI is InChI=1S/C21H21NO6/c1-12-15-10-14(5-6-16(15)22-21(12)25)17(23)11-28-20(24)9-13-4-7-18(26-2)19(8-13)27-3/h4-8,10,12H,9,11H2,1-3H3,(H,22,25)/t12-/m1/s1. The van der Waals surface area contributed by atoms with Gasteiger partial charge >= 0.3 is 5.97 Å². The maximum absolute atomic E-state index is 12.4. The van der Waals surface area contributed by atoms with Crippen LogP contribution >= 0.6 is 0 Å². The van der Waals surface area contributed by atoms with Gasteiger partial charge in [-0.15, -0.1) is 0 Å². The second kappa shape index (κ2) is 8.12. The molecule has 146 valence electrons. The second-order valence-corrected chi connectivity index (χ2v) is 6.46. The summed E-state index contributed by atoms with van der Waals surface area (Å²) in [6, 6.07) is 10.1. The van der Waals surface area contributed by atoms with E-state index < -0.39 is 5.97 Å². The molecule has 7 heteroatoms. The van der Waals surface area contributed by atoms with Gasteiger partial charge in [-0.1, -0.05) is 6.07 Å². The fourth-order valence-electron chi connectivity index (χ4n) is 3.03. The number of anilines is 1. The van der Waals surface area contributed by atoms with Gasteiger partial charge in [0.25, 0.3) is 0 Å². The van der Waals surface area contributed by atoms with Crippen molar-refractivity contribution in [2.24, 2.45) is 0 Å². The molecule has 0 aromatic heterocycles. The lowest BCUT2D eigenvalue weighted by Gasteiger charge is -2.10. The number of ketones is 1. The Balaban J connectivity index is 1.59. The molecule has 2 aromatic rings. The normalized spacial score (nSPS) is 14.8. The largest absolute Gasteiger partial charge is 0.493 e. The van der Waals surface area contributed by atoms with Crippen LogP contribution in [0.5, 0.6) is 11.5 Å². The van der Waals surface area contributed by atoms with E-state index in [2.05, 4.69) is 5.32 Å². The van der Waals surface area contributed by atoms with Crippen LogP contribution in [0.25, 0.3) is 0 Å². The van der Waals surface area contributed by atoms with E-state index in [0.717, 1.165) is 5.56 Å². The molecular formula is C21H21NO6. The molecule has 0 saturated carbocycles. The maximum Gasteiger partial charge on any atom is 0.310 e. The summed E-state index contributed by atoms with van der Waals surface area (Å²) in [4.78, 5) is 36.1. The maximum atomic E-state index is 12.4. The van der Waals surface area contributed by atoms with Crippen LogP contribution in [0.15, 0.2) is 36.4 Å². The number of nitrogens with one attached hydrogen (secondary N) is 1. The van der Waals surface area contributed by atoms with Crippen LogP contribution in [-0.2, 0) is 20.7 Å². The number of hydrogen-bond acceptors (Lipinski definition) is 6. The van der Waals surface area contributed by atoms with Crippen molar-refractivity contribution < 1.29 is 28.6 Å². The molecule has 0 radical (unpaired) electrons. The van der Waals surface area contributed by atoms with E-state index in [9.17, 15) is 14.4 Å². The van der Waals surface area contributed by atoms with Crippen molar-refractivity contribution in [3.63, 3.8) is 0 Å². The van der Waals surface area contributed by atoms with Crippen molar-refractivity contribution in [1.29, 1.82) is 0 Å². The fourth-order valence-corrected chi connectivity index (χ4v) is 3.03. The molecule has 7 nitrogen and oxygen atoms in total. The van der Waals surface area contributed by atoms with Crippen molar-refractivity contribution in [1.82, 2.24) is 0 Å². The number of methoxy groups -OCH3 is 2. The van der Waals surface area contributed by atoms with Gasteiger partial charge < -0.3 is 19.5 Å². The van der Waals surface area contributed by atoms with Gasteiger partial charge in [-0.05, 0) is 48.4 Å². The lowest BCUT2D eigenvalue weighted by molar-refractivity contribution is -0.141. The Morgan fingerprint density at radius 1 is 1.04 bits per heavy atom. The first-order valence-electron chi connectivity index (χ1n) is 8.77. The number of esters is 1. The van der Waals surface area contributed by atoms with Crippen LogP contribution < -0.4 is 14.8 Å². The quantitative estimate of drug-likeness (QED) is 0.584. The van der Waals surface area contributed by atoms with Crippen molar-refractivity contribution in [2.45, 2.75) is 19.3 Å². The van der Waals surface area contributed by atoms with E-state index in [1.807, 2.05) is 0 Å². The van der Waals surface area contributed by atoms with E-state index in [1.54, 1.807) is 43.3 Å². The lowest BCUT2D eigenvalue weighted by atomic mass is 9.99. The molecule has 1 heterocycles. The molecule has 0 unspecified atom stereocenters. The number of Topliss-reactive ketones (excluding diaryl/α,β-unsaturated/α-hetero) is 1. The first-order chi connectivity index (χ1) is 13.4. The van der Waals surface area contributed by atoms with Crippen molar-refractivity contribution in [2.75, 3.05) is 26.1 Å². The first kappa shape index (κ1) is 19.4. The van der Waals surface area contributed by atoms with Gasteiger partial charge in [0.2, 0.25) is 5.91 Å². The van der Waals surface area contributed by atoms with Crippen LogP contribution in [0.1, 0.15) is 34.3 Å². The molecular weight excluding hydrogens is 362 g/mol. The highest BCUT2D eigenvalue weighted by Gasteiger charge is 2.27. The average Bonchev–Trinajstić information content (AvgIpc) is 2.99. The summed E-state index contributed by atoms with van der Waals surface area (Å²) in [7, 11) is 3.04. The van der Waals surface area contributed by atoms with E-state index in [0.29, 0.717) is 28.3 Å². The molecule has 0 spiro atoms. The van der Waals surface area contributed by atoms with Crippen molar-refractivity contribution >= 4 is 23.3 Å². The molecule has 1 N–H and O–H groups in total. The minimum Gasteiger partial charge on any atom is -0.493 e. The first-order valence-corrected chi connectivity index (χ1v) is 8.77. The summed E-state index contributed by atoms with van der Waals surface area (Å²) < 4.78 is 15.5. The molecule has 3 rings (SSSR count). The number of carbonyl (C=O) groups is 3. The van der Waals surface area contributed by atoms with E-state index in [1.165, 1.54) is 14.2 Å². The molecule has 2 aromatic carbocycles. The third kappa shape index (κ3) is 3.98. The molecule has 1 aliphatic heterocycles. The number of carbonyl (C=O) groups excluding carboxylic acids is 3. The number of hydrogen-bond donors (Lipinski definition) is 1. The van der Waals surface area contributed by atoms with Crippen LogP contribution in [0, 0.1) is 0 Å². The predicted octanol–water partition coefficient (Wildman–Crippen LogP) is 2.73. The third-order valence-corrected chi connectivity index (χ3v) is 4.65. The highest BCUT2D eigenvalue weighted by atomic mass is 16.5. The average molecular weight is 383 g/mol. The number of ether oxygens (including phenoxy) is 3. The molecule has 28 heavy (non-hydrogen) atoms. The predicted molar refractivity (Wildman–Crippen MR) is 102 cm³/mol. The zero-order chi connectivity index (χ0) is 20.3. The van der Waals surface area contributed by atoms with Gasteiger partial charge in [-0.2, -0.15) is 0 Å². The zero-order valence-electron chi connectivity index (χ0n) is 15.9. The van der Waals surface area contributed by atoms with Crippen LogP contribution in [0.2, 0.25) is 0 Å². The van der Waals surface area contributed by atoms with Crippen LogP contribution in [-0.4, -0.2) is 38.5 Å². The molecule has 0 fully saturated rings. The topological polar surface area (TPSA) is 90.9 Å². The van der Waals surface area contributed by atoms with E-state index >= 15 is 0 Å². The van der Waals surface area contributed by atoms with Crippen molar-refractivity contribution in [3.8, 4) is 11.5 Å². The second-order valence-electron chi connectivity index (χ2n) is 6.46. The van der Waals surface area contributed by atoms with Gasteiger partial charge in [0, 0.05) is 11.3 Å². The molecule has 1 atom stereocenters. The summed E-state index contributed by atoms with van der Waals surface area (Å²) in [5, 5.41) is 2.75. The van der Waals surface area contributed by atoms with Gasteiger partial charge in [-0.3, -0.25) is 14.4 Å². The molecule has 0 bridgehead atoms. The lowest BCUT2D eigenvalue weighted by Crippen LogP contribution is -2.16. The highest BCUT2D eigenvalue weighted by Crippen LogP contribution is 2.32. The molecule has 0 saturated heterocycles. The number of amides is 1. The van der Waals surface area contributed by atoms with Gasteiger partial charge in [0.15, 0.2) is 23.9 Å². The Morgan fingerprint density at radius 2 is 1.79 bits per heavy atom. The summed E-state index contributed by atoms with van der Waals surface area (Å²) >= 11 is 0. The number of benzene rings is 2. The van der Waals surface area contributed by atoms with Crippen LogP contribution in [0.4, 0.5) is 5.69 Å². The van der Waals surface area contributed by atoms with Gasteiger partial charge in [0.1, 0.15) is 0 Å². The fraction of sp³-hybridized carbons (Fsp3) is 0.286. The SMILES string of the molecule is COc1ccc(CC(=O)OCC(=O)c2ccc3c(c2)[C@@H](C)C(=O)N3)cc1OC. The Hall–Kier alpha value is -3.35. The summed E-state index contributed by atoms with van der Waals surface area (Å²) in [6.45, 7) is 1.42. The van der Waals surface area contributed by atoms with E-state index in [4.69, 9.17) is 14.2 Å². The summed E-state index contributed by atoms with van der Waals surface area (Å²) in [5.41, 5.74) is 2.57. The monoisotopic (exact) mass is 383 g/mol. The summed E-state index contributed by atoms with van der Waals surface area (Å²) in [6.07, 6.45) is 0.00722. The smallest absolute Gasteiger partial charge is 0.310 e. The zero-order valence-corrected chi connectivity index (χ0v) is 15.9. The number of fused-ring (bicyclic) bond motifs is 1. The van der Waals surface area contributed by atoms with Gasteiger partial charge in [0.05, 0.1) is 26.6 Å². The van der Waals surface area contributed by atoms with Gasteiger partial charge in [-0.25, -0.2) is 0 Å². The van der Waals surface area contributed by atoms with Crippen LogP contribution in [0.3, 0.4) is 0 Å². The minimum atomic E-state index is -0.521. The Kier molecular flexibility index (Phi) is 5.63. The number of rotatable bonds is 7. The van der Waals surface area contributed by atoms with E-state index in [-0.39, 0.29) is 30.6 Å². The molecule has 0 aliphatic carbocycles. The Morgan fingerprint density at radius 3 is 2.50 bits per heavy atom. The molecule has 1 amide bonds. The Bertz CT molecular complexity index is 936. The Labute approximate surface area is 162 Å². The van der Waals surface area contributed by atoms with Crippen molar-refractivity contribution in [3.05, 3.63) is 53.1 Å². The minimum absolute atomic E-state index is 0.00722. The summed E-state index contributed by atoms with van der Waals surface area (Å²) in [5.74, 6) is -0.175. The highest BCUT2D eigenvalue weighted by molar-refractivity contribution is 6.05. The molecule has 1 aliphatic rings.